The summed E-state index contributed by atoms with van der Waals surface area (Å²) in [5, 5.41) is -0.0264. The maximum absolute atomic E-state index is 13.4. The number of nitrogens with two attached hydrogens (primary N) is 1. The highest BCUT2D eigenvalue weighted by Gasteiger charge is 2.48. The molecule has 0 spiro atoms. The van der Waals surface area contributed by atoms with E-state index in [1.807, 2.05) is 0 Å². The lowest BCUT2D eigenvalue weighted by Crippen LogP contribution is -2.56. The Balaban J connectivity index is 2.49. The van der Waals surface area contributed by atoms with Crippen molar-refractivity contribution in [2.24, 2.45) is 5.73 Å². The van der Waals surface area contributed by atoms with Crippen LogP contribution in [0.25, 0.3) is 0 Å². The SMILES string of the molecule is CN(C1(C(N)=O)CCCC1)S(=O)(=O)c1cc(F)cc(Cl)c1. The van der Waals surface area contributed by atoms with Crippen molar-refractivity contribution in [3.05, 3.63) is 29.0 Å². The molecule has 0 aromatic heterocycles. The lowest BCUT2D eigenvalue weighted by atomic mass is 9.97. The smallest absolute Gasteiger partial charge is 0.243 e. The molecule has 0 radical (unpaired) electrons. The van der Waals surface area contributed by atoms with E-state index in [0.717, 1.165) is 22.5 Å². The van der Waals surface area contributed by atoms with Gasteiger partial charge in [-0.3, -0.25) is 4.79 Å². The number of benzene rings is 1. The number of likely N-dealkylation sites (N-methyl/N-ethyl adjacent to an activating group) is 1. The Morgan fingerprint density at radius 1 is 1.33 bits per heavy atom. The normalized spacial score (nSPS) is 18.1. The Morgan fingerprint density at radius 2 is 1.90 bits per heavy atom. The third-order valence-corrected chi connectivity index (χ3v) is 6.11. The summed E-state index contributed by atoms with van der Waals surface area (Å²) in [5.41, 5.74) is 4.17. The molecule has 8 heteroatoms. The average molecular weight is 335 g/mol. The van der Waals surface area contributed by atoms with Gasteiger partial charge in [0, 0.05) is 12.1 Å². The van der Waals surface area contributed by atoms with Crippen LogP contribution in [0.1, 0.15) is 25.7 Å². The van der Waals surface area contributed by atoms with Gasteiger partial charge in [0.15, 0.2) is 0 Å². The second-order valence-electron chi connectivity index (χ2n) is 5.18. The monoisotopic (exact) mass is 334 g/mol. The number of nitrogens with zero attached hydrogens (tertiary/aromatic N) is 1. The largest absolute Gasteiger partial charge is 0.368 e. The molecule has 0 saturated heterocycles. The first kappa shape index (κ1) is 16.2. The molecule has 1 fully saturated rings. The van der Waals surface area contributed by atoms with E-state index in [9.17, 15) is 17.6 Å². The highest BCUT2D eigenvalue weighted by atomic mass is 35.5. The van der Waals surface area contributed by atoms with E-state index in [0.29, 0.717) is 25.7 Å². The Labute approximate surface area is 127 Å². The van der Waals surface area contributed by atoms with Gasteiger partial charge in [-0.25, -0.2) is 12.8 Å². The quantitative estimate of drug-likeness (QED) is 0.913. The van der Waals surface area contributed by atoms with E-state index >= 15 is 0 Å². The summed E-state index contributed by atoms with van der Waals surface area (Å²) in [6.45, 7) is 0. The van der Waals surface area contributed by atoms with Crippen LogP contribution < -0.4 is 5.73 Å². The third-order valence-electron chi connectivity index (χ3n) is 3.99. The van der Waals surface area contributed by atoms with Gasteiger partial charge in [0.05, 0.1) is 4.90 Å². The molecule has 1 aromatic carbocycles. The van der Waals surface area contributed by atoms with E-state index in [1.165, 1.54) is 7.05 Å². The summed E-state index contributed by atoms with van der Waals surface area (Å²) in [5.74, 6) is -1.44. The number of hydrogen-bond acceptors (Lipinski definition) is 3. The summed E-state index contributed by atoms with van der Waals surface area (Å²) >= 11 is 5.70. The fourth-order valence-electron chi connectivity index (χ4n) is 2.74. The molecule has 21 heavy (non-hydrogen) atoms. The minimum atomic E-state index is -4.06. The van der Waals surface area contributed by atoms with Crippen molar-refractivity contribution in [3.63, 3.8) is 0 Å². The van der Waals surface area contributed by atoms with Crippen molar-refractivity contribution in [1.82, 2.24) is 4.31 Å². The highest BCUT2D eigenvalue weighted by Crippen LogP contribution is 2.37. The molecule has 1 amide bonds. The number of carbonyl (C=O) groups excluding carboxylic acids is 1. The van der Waals surface area contributed by atoms with E-state index in [1.54, 1.807) is 0 Å². The van der Waals surface area contributed by atoms with Gasteiger partial charge < -0.3 is 5.73 Å². The van der Waals surface area contributed by atoms with Crippen LogP contribution in [0.3, 0.4) is 0 Å². The van der Waals surface area contributed by atoms with Crippen LogP contribution >= 0.6 is 11.6 Å². The number of sulfonamides is 1. The van der Waals surface area contributed by atoms with Crippen molar-refractivity contribution in [3.8, 4) is 0 Å². The van der Waals surface area contributed by atoms with Crippen molar-refractivity contribution in [1.29, 1.82) is 0 Å². The zero-order chi connectivity index (χ0) is 15.8. The van der Waals surface area contributed by atoms with E-state index in [-0.39, 0.29) is 9.92 Å². The first-order chi connectivity index (χ1) is 9.70. The zero-order valence-electron chi connectivity index (χ0n) is 11.5. The fourth-order valence-corrected chi connectivity index (χ4v) is 4.61. The van der Waals surface area contributed by atoms with Gasteiger partial charge in [0.2, 0.25) is 15.9 Å². The second kappa shape index (κ2) is 5.55. The van der Waals surface area contributed by atoms with Crippen molar-refractivity contribution in [2.45, 2.75) is 36.1 Å². The standard InChI is InChI=1S/C13H16ClFN2O3S/c1-17(13(12(16)18)4-2-3-5-13)21(19,20)11-7-9(14)6-10(15)8-11/h6-8H,2-5H2,1H3,(H2,16,18). The lowest BCUT2D eigenvalue weighted by Gasteiger charge is -2.34. The van der Waals surface area contributed by atoms with Gasteiger partial charge >= 0.3 is 0 Å². The molecule has 2 rings (SSSR count). The zero-order valence-corrected chi connectivity index (χ0v) is 13.0. The number of amides is 1. The predicted octanol–water partition coefficient (Wildman–Crippen LogP) is 1.90. The molecule has 0 aliphatic heterocycles. The molecule has 1 aliphatic rings. The molecule has 1 saturated carbocycles. The van der Waals surface area contributed by atoms with Gasteiger partial charge in [0.25, 0.3) is 0 Å². The molecule has 2 N–H and O–H groups in total. The van der Waals surface area contributed by atoms with Crippen LogP contribution in [0, 0.1) is 5.82 Å². The summed E-state index contributed by atoms with van der Waals surface area (Å²) in [6.07, 6.45) is 2.15. The first-order valence-electron chi connectivity index (χ1n) is 6.45. The number of rotatable bonds is 4. The second-order valence-corrected chi connectivity index (χ2v) is 7.59. The summed E-state index contributed by atoms with van der Waals surface area (Å²) in [4.78, 5) is 11.5. The van der Waals surface area contributed by atoms with Gasteiger partial charge in [-0.1, -0.05) is 24.4 Å². The van der Waals surface area contributed by atoms with Gasteiger partial charge in [0.1, 0.15) is 11.4 Å². The van der Waals surface area contributed by atoms with Gasteiger partial charge in [-0.15, -0.1) is 0 Å². The molecule has 0 heterocycles. The lowest BCUT2D eigenvalue weighted by molar-refractivity contribution is -0.126. The Morgan fingerprint density at radius 3 is 2.38 bits per heavy atom. The van der Waals surface area contributed by atoms with Crippen molar-refractivity contribution < 1.29 is 17.6 Å². The van der Waals surface area contributed by atoms with Crippen LogP contribution in [-0.2, 0) is 14.8 Å². The Bertz CT molecular complexity index is 652. The average Bonchev–Trinajstić information content (AvgIpc) is 2.87. The van der Waals surface area contributed by atoms with E-state index in [2.05, 4.69) is 0 Å². The molecule has 5 nitrogen and oxygen atoms in total. The van der Waals surface area contributed by atoms with Crippen LogP contribution in [0.4, 0.5) is 4.39 Å². The molecular formula is C13H16ClFN2O3S. The summed E-state index contributed by atoms with van der Waals surface area (Å²) in [7, 11) is -2.77. The predicted molar refractivity (Wildman–Crippen MR) is 76.8 cm³/mol. The van der Waals surface area contributed by atoms with Crippen LogP contribution in [0.2, 0.25) is 5.02 Å². The van der Waals surface area contributed by atoms with Crippen molar-refractivity contribution >= 4 is 27.5 Å². The fraction of sp³-hybridized carbons (Fsp3) is 0.462. The molecule has 0 atom stereocenters. The van der Waals surface area contributed by atoms with Crippen LogP contribution in [0.5, 0.6) is 0 Å². The minimum Gasteiger partial charge on any atom is -0.368 e. The number of hydrogen-bond donors (Lipinski definition) is 1. The molecule has 1 aromatic rings. The molecule has 0 unspecified atom stereocenters. The molecule has 116 valence electrons. The summed E-state index contributed by atoms with van der Waals surface area (Å²) < 4.78 is 39.6. The van der Waals surface area contributed by atoms with E-state index < -0.39 is 27.3 Å². The number of primary amides is 1. The molecule has 1 aliphatic carbocycles. The first-order valence-corrected chi connectivity index (χ1v) is 8.27. The van der Waals surface area contributed by atoms with Gasteiger partial charge in [-0.2, -0.15) is 4.31 Å². The minimum absolute atomic E-state index is 0.0264. The topological polar surface area (TPSA) is 80.5 Å². The maximum Gasteiger partial charge on any atom is 0.243 e. The van der Waals surface area contributed by atoms with Gasteiger partial charge in [-0.05, 0) is 31.0 Å². The number of carbonyl (C=O) groups is 1. The van der Waals surface area contributed by atoms with Crippen LogP contribution in [-0.4, -0.2) is 31.2 Å². The summed E-state index contributed by atoms with van der Waals surface area (Å²) in [6, 6.07) is 3.04. The Hall–Kier alpha value is -1.18. The molecular weight excluding hydrogens is 319 g/mol. The maximum atomic E-state index is 13.4. The molecule has 0 bridgehead atoms. The Kier molecular flexibility index (Phi) is 4.28. The van der Waals surface area contributed by atoms with Crippen molar-refractivity contribution in [2.75, 3.05) is 7.05 Å². The highest BCUT2D eigenvalue weighted by molar-refractivity contribution is 7.89. The third kappa shape index (κ3) is 2.77. The number of halogens is 2. The van der Waals surface area contributed by atoms with E-state index in [4.69, 9.17) is 17.3 Å². The van der Waals surface area contributed by atoms with Crippen LogP contribution in [0.15, 0.2) is 23.1 Å².